The monoisotopic (exact) mass is 469 g/mol. The number of benzene rings is 2. The van der Waals surface area contributed by atoms with Crippen LogP contribution in [0.2, 0.25) is 0 Å². The predicted octanol–water partition coefficient (Wildman–Crippen LogP) is 6.54. The van der Waals surface area contributed by atoms with Gasteiger partial charge in [-0.25, -0.2) is 0 Å². The highest BCUT2D eigenvalue weighted by Gasteiger charge is 2.51. The van der Waals surface area contributed by atoms with E-state index in [1.807, 2.05) is 0 Å². The molecule has 5 heteroatoms. The lowest BCUT2D eigenvalue weighted by atomic mass is 9.80. The molecule has 2 aromatic carbocycles. The maximum Gasteiger partial charge on any atom is 0.348 e. The molecule has 0 bridgehead atoms. The molecule has 1 heterocycles. The average Bonchev–Trinajstić information content (AvgIpc) is 2.85. The van der Waals surface area contributed by atoms with Crippen molar-refractivity contribution in [2.24, 2.45) is 0 Å². The minimum absolute atomic E-state index is 0.0108. The summed E-state index contributed by atoms with van der Waals surface area (Å²) in [4.78, 5) is 4.72. The van der Waals surface area contributed by atoms with E-state index in [-0.39, 0.29) is 11.2 Å². The summed E-state index contributed by atoms with van der Waals surface area (Å²) < 4.78 is 19.5. The summed E-state index contributed by atoms with van der Waals surface area (Å²) in [5.74, 6) is 0. The number of hydrogen-bond acceptors (Lipinski definition) is 4. The van der Waals surface area contributed by atoms with Crippen LogP contribution in [0.1, 0.15) is 56.3 Å². The third-order valence-electron chi connectivity index (χ3n) is 7.22. The number of nitrogens with zero attached hydrogens (tertiary/aromatic N) is 2. The van der Waals surface area contributed by atoms with E-state index >= 15 is 0 Å². The molecular weight excluding hydrogens is 427 g/mol. The van der Waals surface area contributed by atoms with Crippen molar-refractivity contribution in [3.63, 3.8) is 0 Å². The van der Waals surface area contributed by atoms with E-state index in [0.717, 1.165) is 64.6 Å². The Morgan fingerprint density at radius 2 is 1.67 bits per heavy atom. The Morgan fingerprint density at radius 1 is 1.00 bits per heavy atom. The number of unbranched alkanes of at least 4 members (excludes halogenated alkanes) is 2. The summed E-state index contributed by atoms with van der Waals surface area (Å²) in [7, 11) is 2.92. The highest BCUT2D eigenvalue weighted by atomic mass is 31.1. The van der Waals surface area contributed by atoms with Crippen LogP contribution in [-0.2, 0) is 15.7 Å². The molecule has 1 saturated heterocycles. The van der Waals surface area contributed by atoms with E-state index in [0.29, 0.717) is 0 Å². The van der Waals surface area contributed by atoms with Gasteiger partial charge in [-0.3, -0.25) is 4.90 Å². The molecule has 0 aliphatic carbocycles. The van der Waals surface area contributed by atoms with E-state index < -0.39 is 7.80 Å². The van der Waals surface area contributed by atoms with E-state index in [1.54, 1.807) is 0 Å². The summed E-state index contributed by atoms with van der Waals surface area (Å²) in [6.45, 7) is 7.89. The lowest BCUT2D eigenvalue weighted by Gasteiger charge is -2.41. The zero-order chi connectivity index (χ0) is 23.7. The van der Waals surface area contributed by atoms with E-state index in [4.69, 9.17) is 4.74 Å². The molecule has 33 heavy (non-hydrogen) atoms. The molecule has 0 amide bonds. The van der Waals surface area contributed by atoms with Gasteiger partial charge >= 0.3 is 7.80 Å². The van der Waals surface area contributed by atoms with Crippen LogP contribution in [0.3, 0.4) is 0 Å². The molecule has 0 aromatic heterocycles. The van der Waals surface area contributed by atoms with E-state index in [9.17, 15) is 4.57 Å². The van der Waals surface area contributed by atoms with Gasteiger partial charge < -0.3 is 9.64 Å². The molecule has 1 fully saturated rings. The SMILES string of the molecule is CCCCC[P+](=O)C(c1ccc(N2CCOCC2)cc1)C(CC)(Cc1ccccc1)N(C)C. The Morgan fingerprint density at radius 3 is 2.24 bits per heavy atom. The third-order valence-corrected chi connectivity index (χ3v) is 9.33. The molecule has 3 atom stereocenters. The topological polar surface area (TPSA) is 32.8 Å². The highest BCUT2D eigenvalue weighted by Crippen LogP contribution is 2.53. The molecule has 1 aliphatic heterocycles. The summed E-state index contributed by atoms with van der Waals surface area (Å²) >= 11 is 0. The first-order valence-electron chi connectivity index (χ1n) is 12.6. The number of ether oxygens (including phenoxy) is 1. The molecule has 0 saturated carbocycles. The van der Waals surface area contributed by atoms with Crippen LogP contribution in [0, 0.1) is 0 Å². The molecule has 0 spiro atoms. The molecule has 4 nitrogen and oxygen atoms in total. The minimum atomic E-state index is -1.40. The number of rotatable bonds is 12. The first kappa shape index (κ1) is 25.9. The van der Waals surface area contributed by atoms with Gasteiger partial charge in [-0.2, -0.15) is 0 Å². The van der Waals surface area contributed by atoms with Crippen LogP contribution >= 0.6 is 7.80 Å². The summed E-state index contributed by atoms with van der Waals surface area (Å²) in [5.41, 5.74) is 3.53. The van der Waals surface area contributed by atoms with Crippen molar-refractivity contribution in [3.05, 3.63) is 65.7 Å². The van der Waals surface area contributed by atoms with Crippen LogP contribution < -0.4 is 4.90 Å². The minimum Gasteiger partial charge on any atom is -0.378 e. The van der Waals surface area contributed by atoms with Gasteiger partial charge in [0.2, 0.25) is 0 Å². The first-order chi connectivity index (χ1) is 16.0. The van der Waals surface area contributed by atoms with Crippen LogP contribution in [0.5, 0.6) is 0 Å². The summed E-state index contributed by atoms with van der Waals surface area (Å²) in [5, 5.41) is 0. The molecule has 180 valence electrons. The lowest BCUT2D eigenvalue weighted by Crippen LogP contribution is -2.50. The third kappa shape index (κ3) is 6.44. The highest BCUT2D eigenvalue weighted by molar-refractivity contribution is 7.45. The number of likely N-dealkylation sites (N-methyl/N-ethyl adjacent to an activating group) is 1. The quantitative estimate of drug-likeness (QED) is 0.261. The molecule has 0 radical (unpaired) electrons. The smallest absolute Gasteiger partial charge is 0.348 e. The van der Waals surface area contributed by atoms with Crippen LogP contribution in [-0.4, -0.2) is 57.0 Å². The van der Waals surface area contributed by atoms with Crippen molar-refractivity contribution in [1.29, 1.82) is 0 Å². The van der Waals surface area contributed by atoms with Crippen LogP contribution in [0.25, 0.3) is 0 Å². The van der Waals surface area contributed by atoms with E-state index in [2.05, 4.69) is 92.3 Å². The van der Waals surface area contributed by atoms with Gasteiger partial charge in [0.05, 0.1) is 18.8 Å². The second kappa shape index (κ2) is 12.6. The van der Waals surface area contributed by atoms with Crippen molar-refractivity contribution < 1.29 is 9.30 Å². The molecule has 3 rings (SSSR count). The Labute approximate surface area is 202 Å². The average molecular weight is 470 g/mol. The second-order valence-electron chi connectivity index (χ2n) is 9.46. The van der Waals surface area contributed by atoms with Crippen molar-refractivity contribution in [3.8, 4) is 0 Å². The van der Waals surface area contributed by atoms with Crippen molar-refractivity contribution >= 4 is 13.5 Å². The number of morpholine rings is 1. The lowest BCUT2D eigenvalue weighted by molar-refractivity contribution is 0.122. The Balaban J connectivity index is 1.98. The van der Waals surface area contributed by atoms with Crippen LogP contribution in [0.15, 0.2) is 54.6 Å². The van der Waals surface area contributed by atoms with Gasteiger partial charge in [-0.15, -0.1) is 0 Å². The largest absolute Gasteiger partial charge is 0.378 e. The van der Waals surface area contributed by atoms with Crippen molar-refractivity contribution in [2.45, 2.75) is 57.1 Å². The Bertz CT molecular complexity index is 850. The first-order valence-corrected chi connectivity index (χ1v) is 14.1. The maximum absolute atomic E-state index is 14.0. The second-order valence-corrected chi connectivity index (χ2v) is 11.3. The van der Waals surface area contributed by atoms with Crippen molar-refractivity contribution in [1.82, 2.24) is 4.90 Å². The van der Waals surface area contributed by atoms with Gasteiger partial charge in [0.15, 0.2) is 5.66 Å². The Hall–Kier alpha value is -1.74. The van der Waals surface area contributed by atoms with E-state index in [1.165, 1.54) is 16.8 Å². The Kier molecular flexibility index (Phi) is 9.92. The summed E-state index contributed by atoms with van der Waals surface area (Å²) in [6, 6.07) is 19.6. The van der Waals surface area contributed by atoms with Gasteiger partial charge in [0.1, 0.15) is 6.16 Å². The normalized spacial score (nSPS) is 17.6. The van der Waals surface area contributed by atoms with Crippen LogP contribution in [0.4, 0.5) is 5.69 Å². The van der Waals surface area contributed by atoms with Gasteiger partial charge in [-0.05, 0) is 57.5 Å². The van der Waals surface area contributed by atoms with Crippen molar-refractivity contribution in [2.75, 3.05) is 51.5 Å². The fourth-order valence-electron chi connectivity index (χ4n) is 5.16. The zero-order valence-electron chi connectivity index (χ0n) is 21.0. The van der Waals surface area contributed by atoms with Gasteiger partial charge in [0.25, 0.3) is 0 Å². The molecule has 3 unspecified atom stereocenters. The molecule has 1 aliphatic rings. The van der Waals surface area contributed by atoms with Gasteiger partial charge in [0, 0.05) is 24.3 Å². The summed E-state index contributed by atoms with van der Waals surface area (Å²) in [6.07, 6.45) is 5.96. The van der Waals surface area contributed by atoms with Gasteiger partial charge in [-0.1, -0.05) is 67.3 Å². The molecule has 0 N–H and O–H groups in total. The predicted molar refractivity (Wildman–Crippen MR) is 141 cm³/mol. The maximum atomic E-state index is 14.0. The number of hydrogen-bond donors (Lipinski definition) is 0. The molecular formula is C28H42N2O2P+. The number of anilines is 1. The molecule has 2 aromatic rings. The fraction of sp³-hybridized carbons (Fsp3) is 0.571. The fourth-order valence-corrected chi connectivity index (χ4v) is 7.50. The standard InChI is InChI=1S/C28H42N2O2P/c1-5-7-11-22-33(31)27(25-14-16-26(17-15-25)30-18-20-32-21-19-30)28(6-2,29(3)4)23-24-12-9-8-10-13-24/h8-10,12-17,27H,5-7,11,18-23H2,1-4H3/q+1. The zero-order valence-corrected chi connectivity index (χ0v) is 21.9.